The van der Waals surface area contributed by atoms with Crippen LogP contribution in [0.1, 0.15) is 52.4 Å². The first-order chi connectivity index (χ1) is 16.8. The van der Waals surface area contributed by atoms with E-state index in [0.29, 0.717) is 51.7 Å². The molecule has 0 aromatic heterocycles. The molecule has 0 aromatic carbocycles. The summed E-state index contributed by atoms with van der Waals surface area (Å²) in [5.74, 6) is -1.17. The van der Waals surface area contributed by atoms with Gasteiger partial charge in [0, 0.05) is 43.3 Å². The van der Waals surface area contributed by atoms with E-state index in [1.54, 1.807) is 6.92 Å². The first-order valence-electron chi connectivity index (χ1n) is 11.9. The van der Waals surface area contributed by atoms with Crippen LogP contribution in [0.5, 0.6) is 0 Å². The van der Waals surface area contributed by atoms with E-state index in [1.807, 2.05) is 6.92 Å². The maximum atomic E-state index is 11.8. The molecule has 36 heavy (non-hydrogen) atoms. The molecule has 14 nitrogen and oxygen atoms in total. The Balaban J connectivity index is 0.000000362. The molecule has 0 saturated carbocycles. The van der Waals surface area contributed by atoms with Crippen molar-refractivity contribution < 1.29 is 31.8 Å². The van der Waals surface area contributed by atoms with Crippen molar-refractivity contribution in [3.8, 4) is 0 Å². The molecular formula is C21H37N7O7S. The van der Waals surface area contributed by atoms with Crippen LogP contribution in [0.25, 0.3) is 10.4 Å². The fourth-order valence-corrected chi connectivity index (χ4v) is 4.73. The smallest absolute Gasteiger partial charge is 0.264 e. The third-order valence-electron chi connectivity index (χ3n) is 6.19. The number of rotatable bonds is 11. The number of piperidine rings is 2. The lowest BCUT2D eigenvalue weighted by Crippen LogP contribution is -2.52. The van der Waals surface area contributed by atoms with Gasteiger partial charge in [-0.25, -0.2) is 0 Å². The molecule has 2 fully saturated rings. The standard InChI is InChI=1S/C11H20N2O5S.C10H17N5O2/c1-3-9(11(12)15)13-6-8(4-5-10(13)14)7-18-19(2,16)17;1-2-8(10(11)17)15-6-7(5-13-14-12)3-4-9(15)16/h8-9H,3-7H2,1-2H3,(H2,12,15);7-8H,2-6H2,1H3,(H2,11,17)/t8?,9-;7?,8-/m00/s1. The van der Waals surface area contributed by atoms with Gasteiger partial charge in [0.05, 0.1) is 12.9 Å². The Labute approximate surface area is 211 Å². The zero-order valence-electron chi connectivity index (χ0n) is 21.0. The summed E-state index contributed by atoms with van der Waals surface area (Å²) in [6.07, 6.45) is 3.85. The topological polar surface area (TPSA) is 219 Å². The van der Waals surface area contributed by atoms with Crippen LogP contribution in [0.4, 0.5) is 0 Å². The second kappa shape index (κ2) is 14.6. The van der Waals surface area contributed by atoms with Crippen LogP contribution < -0.4 is 11.5 Å². The van der Waals surface area contributed by atoms with Crippen molar-refractivity contribution in [2.75, 3.05) is 32.5 Å². The zero-order chi connectivity index (χ0) is 27.5. The number of hydrogen-bond acceptors (Lipinski definition) is 8. The highest BCUT2D eigenvalue weighted by Gasteiger charge is 2.34. The quantitative estimate of drug-likeness (QED) is 0.164. The number of likely N-dealkylation sites (tertiary alicyclic amines) is 2. The molecule has 4 atom stereocenters. The van der Waals surface area contributed by atoms with Crippen molar-refractivity contribution in [1.82, 2.24) is 9.80 Å². The summed E-state index contributed by atoms with van der Waals surface area (Å²) >= 11 is 0. The SMILES string of the molecule is CC[C@@H](C(N)=O)N1CC(CN=[N+]=[N-])CCC1=O.CC[C@@H](C(N)=O)N1CC(COS(C)(=O)=O)CCC1=O. The maximum Gasteiger partial charge on any atom is 0.264 e. The third-order valence-corrected chi connectivity index (χ3v) is 6.75. The Morgan fingerprint density at radius 1 is 1.03 bits per heavy atom. The van der Waals surface area contributed by atoms with Crippen LogP contribution in [0.15, 0.2) is 5.11 Å². The predicted octanol–water partition coefficient (Wildman–Crippen LogP) is 0.264. The monoisotopic (exact) mass is 531 g/mol. The highest BCUT2D eigenvalue weighted by Crippen LogP contribution is 2.22. The van der Waals surface area contributed by atoms with Gasteiger partial charge in [-0.05, 0) is 37.1 Å². The van der Waals surface area contributed by atoms with E-state index in [1.165, 1.54) is 9.80 Å². The number of primary amides is 2. The summed E-state index contributed by atoms with van der Waals surface area (Å²) in [6, 6.07) is -1.18. The summed E-state index contributed by atoms with van der Waals surface area (Å²) in [6.45, 7) is 4.72. The number of amides is 4. The normalized spacial score (nSPS) is 22.1. The van der Waals surface area contributed by atoms with E-state index in [2.05, 4.69) is 10.0 Å². The van der Waals surface area contributed by atoms with E-state index < -0.39 is 34.0 Å². The van der Waals surface area contributed by atoms with E-state index in [9.17, 15) is 27.6 Å². The van der Waals surface area contributed by atoms with Crippen LogP contribution in [0.2, 0.25) is 0 Å². The van der Waals surface area contributed by atoms with E-state index in [-0.39, 0.29) is 36.7 Å². The molecule has 204 valence electrons. The van der Waals surface area contributed by atoms with Crippen molar-refractivity contribution in [3.63, 3.8) is 0 Å². The molecule has 0 radical (unpaired) electrons. The summed E-state index contributed by atoms with van der Waals surface area (Å²) in [5, 5.41) is 3.51. The number of nitrogens with zero attached hydrogens (tertiary/aromatic N) is 5. The van der Waals surface area contributed by atoms with Gasteiger partial charge in [-0.1, -0.05) is 19.0 Å². The Hall–Kier alpha value is -2.90. The molecule has 2 aliphatic rings. The van der Waals surface area contributed by atoms with Gasteiger partial charge in [-0.2, -0.15) is 8.42 Å². The highest BCUT2D eigenvalue weighted by molar-refractivity contribution is 7.85. The minimum atomic E-state index is -3.49. The van der Waals surface area contributed by atoms with Gasteiger partial charge in [0.25, 0.3) is 10.1 Å². The molecule has 0 spiro atoms. The van der Waals surface area contributed by atoms with Crippen molar-refractivity contribution in [3.05, 3.63) is 10.4 Å². The number of azide groups is 1. The zero-order valence-corrected chi connectivity index (χ0v) is 21.9. The lowest BCUT2D eigenvalue weighted by Gasteiger charge is -2.36. The molecule has 4 N–H and O–H groups in total. The van der Waals surface area contributed by atoms with Gasteiger partial charge < -0.3 is 21.3 Å². The lowest BCUT2D eigenvalue weighted by atomic mass is 9.95. The molecule has 2 heterocycles. The number of nitrogens with two attached hydrogens (primary N) is 2. The predicted molar refractivity (Wildman–Crippen MR) is 130 cm³/mol. The van der Waals surface area contributed by atoms with Crippen LogP contribution in [0, 0.1) is 11.8 Å². The van der Waals surface area contributed by atoms with Gasteiger partial charge in [0.2, 0.25) is 23.6 Å². The van der Waals surface area contributed by atoms with E-state index >= 15 is 0 Å². The first kappa shape index (κ1) is 31.1. The van der Waals surface area contributed by atoms with Gasteiger partial charge in [-0.15, -0.1) is 0 Å². The average molecular weight is 532 g/mol. The molecule has 2 saturated heterocycles. The molecule has 2 aliphatic heterocycles. The maximum absolute atomic E-state index is 11.8. The number of hydrogen-bond donors (Lipinski definition) is 2. The molecule has 4 amide bonds. The Morgan fingerprint density at radius 3 is 1.86 bits per heavy atom. The van der Waals surface area contributed by atoms with Gasteiger partial charge in [0.1, 0.15) is 12.1 Å². The molecular weight excluding hydrogens is 494 g/mol. The van der Waals surface area contributed by atoms with Crippen molar-refractivity contribution in [2.45, 2.75) is 64.5 Å². The van der Waals surface area contributed by atoms with Crippen molar-refractivity contribution >= 4 is 33.7 Å². The molecule has 2 unspecified atom stereocenters. The largest absolute Gasteiger partial charge is 0.368 e. The Bertz CT molecular complexity index is 952. The fraction of sp³-hybridized carbons (Fsp3) is 0.810. The minimum absolute atomic E-state index is 0.0256. The Kier molecular flexibility index (Phi) is 12.6. The number of carbonyl (C=O) groups excluding carboxylic acids is 4. The lowest BCUT2D eigenvalue weighted by molar-refractivity contribution is -0.143. The third kappa shape index (κ3) is 9.99. The van der Waals surface area contributed by atoms with Crippen molar-refractivity contribution in [2.24, 2.45) is 28.4 Å². The summed E-state index contributed by atoms with van der Waals surface area (Å²) in [4.78, 5) is 51.7. The Morgan fingerprint density at radius 2 is 1.47 bits per heavy atom. The van der Waals surface area contributed by atoms with E-state index in [4.69, 9.17) is 21.2 Å². The second-order valence-corrected chi connectivity index (χ2v) is 10.6. The first-order valence-corrected chi connectivity index (χ1v) is 13.7. The molecule has 15 heteroatoms. The van der Waals surface area contributed by atoms with Crippen LogP contribution >= 0.6 is 0 Å². The van der Waals surface area contributed by atoms with Gasteiger partial charge in [-0.3, -0.25) is 23.4 Å². The molecule has 2 rings (SSSR count). The summed E-state index contributed by atoms with van der Waals surface area (Å²) in [7, 11) is -3.49. The average Bonchev–Trinajstić information content (AvgIpc) is 2.80. The summed E-state index contributed by atoms with van der Waals surface area (Å²) in [5.41, 5.74) is 18.8. The summed E-state index contributed by atoms with van der Waals surface area (Å²) < 4.78 is 26.6. The van der Waals surface area contributed by atoms with Crippen LogP contribution in [-0.2, 0) is 33.5 Å². The van der Waals surface area contributed by atoms with Gasteiger partial charge in [0.15, 0.2) is 0 Å². The molecule has 0 bridgehead atoms. The minimum Gasteiger partial charge on any atom is -0.368 e. The van der Waals surface area contributed by atoms with Crippen molar-refractivity contribution in [1.29, 1.82) is 0 Å². The van der Waals surface area contributed by atoms with Gasteiger partial charge >= 0.3 is 0 Å². The molecule has 0 aliphatic carbocycles. The number of carbonyl (C=O) groups is 4. The van der Waals surface area contributed by atoms with Crippen LogP contribution in [-0.4, -0.2) is 86.4 Å². The van der Waals surface area contributed by atoms with E-state index in [0.717, 1.165) is 6.26 Å². The fourth-order valence-electron chi connectivity index (χ4n) is 4.29. The highest BCUT2D eigenvalue weighted by atomic mass is 32.2. The second-order valence-electron chi connectivity index (χ2n) is 8.96. The van der Waals surface area contributed by atoms with Crippen LogP contribution in [0.3, 0.4) is 0 Å². The molecule has 0 aromatic rings.